The molecule has 3 nitrogen and oxygen atoms in total. The fourth-order valence-electron chi connectivity index (χ4n) is 1.36. The number of hydrogen-bond donors (Lipinski definition) is 1. The van der Waals surface area contributed by atoms with E-state index in [1.54, 1.807) is 5.06 Å². The van der Waals surface area contributed by atoms with E-state index < -0.39 is 0 Å². The zero-order chi connectivity index (χ0) is 9.26. The van der Waals surface area contributed by atoms with Crippen LogP contribution in [0.3, 0.4) is 0 Å². The van der Waals surface area contributed by atoms with Crippen molar-refractivity contribution >= 4 is 5.69 Å². The van der Waals surface area contributed by atoms with Gasteiger partial charge in [-0.2, -0.15) is 0 Å². The minimum Gasteiger partial charge on any atom is -0.399 e. The molecule has 0 atom stereocenters. The molecule has 2 rings (SSSR count). The number of fused-ring (bicyclic) bond motifs is 1. The number of hydrogen-bond acceptors (Lipinski definition) is 3. The number of allylic oxidation sites excluding steroid dienone is 1. The first-order chi connectivity index (χ1) is 6.25. The van der Waals surface area contributed by atoms with Crippen molar-refractivity contribution in [3.63, 3.8) is 0 Å². The quantitative estimate of drug-likeness (QED) is 0.610. The lowest BCUT2D eigenvalue weighted by Gasteiger charge is -2.14. The Bertz CT molecular complexity index is 347. The van der Waals surface area contributed by atoms with Crippen molar-refractivity contribution in [3.05, 3.63) is 36.0 Å². The lowest BCUT2D eigenvalue weighted by Crippen LogP contribution is -2.14. The molecule has 3 heteroatoms. The van der Waals surface area contributed by atoms with Crippen molar-refractivity contribution in [2.45, 2.75) is 6.42 Å². The van der Waals surface area contributed by atoms with Gasteiger partial charge in [-0.25, -0.2) is 5.06 Å². The highest BCUT2D eigenvalue weighted by Gasteiger charge is 2.07. The van der Waals surface area contributed by atoms with E-state index in [0.717, 1.165) is 23.4 Å². The van der Waals surface area contributed by atoms with Crippen LogP contribution in [0.25, 0.3) is 0 Å². The van der Waals surface area contributed by atoms with Crippen LogP contribution in [0.15, 0.2) is 30.5 Å². The maximum absolute atomic E-state index is 5.67. The van der Waals surface area contributed by atoms with E-state index in [4.69, 9.17) is 10.6 Å². The summed E-state index contributed by atoms with van der Waals surface area (Å²) in [5.74, 6) is 0.877. The largest absolute Gasteiger partial charge is 0.399 e. The molecular formula is C10H12N2O. The van der Waals surface area contributed by atoms with E-state index in [0.29, 0.717) is 0 Å². The van der Waals surface area contributed by atoms with Crippen molar-refractivity contribution in [3.8, 4) is 5.75 Å². The summed E-state index contributed by atoms with van der Waals surface area (Å²) in [6.45, 7) is 0. The van der Waals surface area contributed by atoms with Crippen LogP contribution in [0.1, 0.15) is 5.56 Å². The molecular weight excluding hydrogens is 164 g/mol. The van der Waals surface area contributed by atoms with Crippen molar-refractivity contribution < 1.29 is 4.84 Å². The average Bonchev–Trinajstić information content (AvgIpc) is 2.25. The summed E-state index contributed by atoms with van der Waals surface area (Å²) in [6.07, 6.45) is 4.81. The predicted octanol–water partition coefficient (Wildman–Crippen LogP) is 1.56. The maximum Gasteiger partial charge on any atom is 0.158 e. The molecule has 0 saturated heterocycles. The molecule has 13 heavy (non-hydrogen) atoms. The second-order valence-electron chi connectivity index (χ2n) is 3.09. The Morgan fingerprint density at radius 3 is 3.15 bits per heavy atom. The summed E-state index contributed by atoms with van der Waals surface area (Å²) >= 11 is 0. The van der Waals surface area contributed by atoms with Gasteiger partial charge in [0.1, 0.15) is 0 Å². The maximum atomic E-state index is 5.67. The van der Waals surface area contributed by atoms with Crippen molar-refractivity contribution in [2.75, 3.05) is 12.8 Å². The van der Waals surface area contributed by atoms with Gasteiger partial charge in [0.05, 0.1) is 0 Å². The van der Waals surface area contributed by atoms with Crippen molar-refractivity contribution in [1.82, 2.24) is 5.06 Å². The third-order valence-electron chi connectivity index (χ3n) is 1.98. The molecule has 0 radical (unpaired) electrons. The van der Waals surface area contributed by atoms with Gasteiger partial charge in [0, 0.05) is 24.5 Å². The molecule has 0 bridgehead atoms. The average molecular weight is 176 g/mol. The van der Waals surface area contributed by atoms with Gasteiger partial charge < -0.3 is 10.6 Å². The van der Waals surface area contributed by atoms with Gasteiger partial charge >= 0.3 is 0 Å². The molecule has 0 unspecified atom stereocenters. The third kappa shape index (κ3) is 1.59. The Morgan fingerprint density at radius 2 is 2.31 bits per heavy atom. The second kappa shape index (κ2) is 3.01. The van der Waals surface area contributed by atoms with E-state index >= 15 is 0 Å². The van der Waals surface area contributed by atoms with Gasteiger partial charge in [-0.15, -0.1) is 0 Å². The Morgan fingerprint density at radius 1 is 1.46 bits per heavy atom. The fraction of sp³-hybridized carbons (Fsp3) is 0.200. The lowest BCUT2D eigenvalue weighted by atomic mass is 10.1. The summed E-state index contributed by atoms with van der Waals surface area (Å²) in [4.78, 5) is 5.50. The molecule has 1 aliphatic heterocycles. The van der Waals surface area contributed by atoms with Crippen LogP contribution in [0.2, 0.25) is 0 Å². The zero-order valence-corrected chi connectivity index (χ0v) is 7.53. The first kappa shape index (κ1) is 7.98. The Kier molecular flexibility index (Phi) is 1.85. The molecule has 2 N–H and O–H groups in total. The molecule has 1 aromatic carbocycles. The second-order valence-corrected chi connectivity index (χ2v) is 3.09. The molecule has 1 aliphatic rings. The Hall–Kier alpha value is -1.64. The molecule has 1 aromatic rings. The number of nitrogens with zero attached hydrogens (tertiary/aromatic N) is 1. The number of benzene rings is 1. The molecule has 0 amide bonds. The predicted molar refractivity (Wildman–Crippen MR) is 52.1 cm³/mol. The van der Waals surface area contributed by atoms with Crippen molar-refractivity contribution in [1.29, 1.82) is 0 Å². The van der Waals surface area contributed by atoms with Gasteiger partial charge in [0.2, 0.25) is 0 Å². The Balaban J connectivity index is 2.40. The highest BCUT2D eigenvalue weighted by atomic mass is 16.7. The number of hydroxylamine groups is 2. The molecule has 0 fully saturated rings. The molecule has 0 spiro atoms. The Labute approximate surface area is 77.4 Å². The van der Waals surface area contributed by atoms with E-state index in [-0.39, 0.29) is 0 Å². The van der Waals surface area contributed by atoms with E-state index in [9.17, 15) is 0 Å². The summed E-state index contributed by atoms with van der Waals surface area (Å²) in [5, 5.41) is 1.68. The van der Waals surface area contributed by atoms with E-state index in [1.165, 1.54) is 0 Å². The molecule has 68 valence electrons. The van der Waals surface area contributed by atoms with Crippen molar-refractivity contribution in [2.24, 2.45) is 0 Å². The van der Waals surface area contributed by atoms with Crippen LogP contribution in [0.4, 0.5) is 5.69 Å². The monoisotopic (exact) mass is 176 g/mol. The van der Waals surface area contributed by atoms with Crippen LogP contribution in [-0.4, -0.2) is 12.1 Å². The third-order valence-corrected chi connectivity index (χ3v) is 1.98. The van der Waals surface area contributed by atoms with Gasteiger partial charge in [-0.3, -0.25) is 0 Å². The van der Waals surface area contributed by atoms with Crippen LogP contribution < -0.4 is 10.6 Å². The number of nitrogen functional groups attached to an aromatic ring is 1. The lowest BCUT2D eigenvalue weighted by molar-refractivity contribution is 0.0222. The summed E-state index contributed by atoms with van der Waals surface area (Å²) in [6, 6.07) is 5.69. The number of nitrogens with two attached hydrogens (primary N) is 1. The van der Waals surface area contributed by atoms with Crippen LogP contribution >= 0.6 is 0 Å². The minimum absolute atomic E-state index is 0.778. The highest BCUT2D eigenvalue weighted by Crippen LogP contribution is 2.24. The SMILES string of the molecule is CN1C=CCc2cc(N)ccc2O1. The first-order valence-electron chi connectivity index (χ1n) is 4.21. The topological polar surface area (TPSA) is 38.5 Å². The van der Waals surface area contributed by atoms with Crippen LogP contribution in [0, 0.1) is 0 Å². The van der Waals surface area contributed by atoms with E-state index in [1.807, 2.05) is 37.5 Å². The standard InChI is InChI=1S/C10H12N2O/c1-12-6-2-3-8-7-9(11)4-5-10(8)13-12/h2,4-7H,3,11H2,1H3. The van der Waals surface area contributed by atoms with Gasteiger partial charge in [-0.05, 0) is 24.6 Å². The molecule has 1 heterocycles. The van der Waals surface area contributed by atoms with E-state index in [2.05, 4.69) is 0 Å². The molecule has 0 saturated carbocycles. The summed E-state index contributed by atoms with van der Waals surface area (Å²) < 4.78 is 0. The molecule has 0 aliphatic carbocycles. The molecule has 0 aromatic heterocycles. The number of anilines is 1. The summed E-state index contributed by atoms with van der Waals surface area (Å²) in [5.41, 5.74) is 7.58. The number of rotatable bonds is 0. The summed E-state index contributed by atoms with van der Waals surface area (Å²) in [7, 11) is 1.86. The first-order valence-corrected chi connectivity index (χ1v) is 4.21. The highest BCUT2D eigenvalue weighted by molar-refractivity contribution is 5.48. The zero-order valence-electron chi connectivity index (χ0n) is 7.53. The normalized spacial score (nSPS) is 14.7. The van der Waals surface area contributed by atoms with Gasteiger partial charge in [-0.1, -0.05) is 6.08 Å². The fourth-order valence-corrected chi connectivity index (χ4v) is 1.36. The van der Waals surface area contributed by atoms with Crippen LogP contribution in [0.5, 0.6) is 5.75 Å². The van der Waals surface area contributed by atoms with Gasteiger partial charge in [0.25, 0.3) is 0 Å². The van der Waals surface area contributed by atoms with Gasteiger partial charge in [0.15, 0.2) is 5.75 Å². The van der Waals surface area contributed by atoms with Crippen LogP contribution in [-0.2, 0) is 6.42 Å². The smallest absolute Gasteiger partial charge is 0.158 e. The minimum atomic E-state index is 0.778.